The fourth-order valence-corrected chi connectivity index (χ4v) is 12.0. The molecule has 0 aliphatic heterocycles. The summed E-state index contributed by atoms with van der Waals surface area (Å²) in [7, 11) is -9.90. The van der Waals surface area contributed by atoms with Gasteiger partial charge in [0, 0.05) is 25.7 Å². The second-order valence-corrected chi connectivity index (χ2v) is 28.5. The number of aliphatic hydroxyl groups is 1. The molecule has 522 valence electrons. The molecule has 0 aromatic heterocycles. The zero-order valence-corrected chi connectivity index (χ0v) is 58.8. The standard InChI is InChI=1S/C69H134O17P2/c1-7-10-12-14-16-18-20-22-23-24-25-26-28-30-32-41-47-53-68(73)85-64(57-79-66(71)51-45-39-31-29-27-21-19-17-15-13-11-8-2)59-83-87(75,76)81-55-63(70)56-82-88(77,78)84-60-65(58-80-67(72)52-46-40-35-33-37-43-49-61(4)5)86-69(74)54-48-42-36-34-38-44-50-62(6)9-3/h61-65,70H,7-60H2,1-6H3,(H,75,76)(H,77,78)/t62?,63-,64-,65-/m1/s1. The Bertz CT molecular complexity index is 1720. The van der Waals surface area contributed by atoms with Crippen LogP contribution < -0.4 is 0 Å². The van der Waals surface area contributed by atoms with Crippen molar-refractivity contribution in [2.75, 3.05) is 39.6 Å². The third-order valence-corrected chi connectivity index (χ3v) is 18.2. The van der Waals surface area contributed by atoms with Gasteiger partial charge in [-0.25, -0.2) is 9.13 Å². The van der Waals surface area contributed by atoms with Crippen LogP contribution in [-0.4, -0.2) is 96.7 Å². The molecule has 0 saturated carbocycles. The van der Waals surface area contributed by atoms with Gasteiger partial charge in [0.25, 0.3) is 0 Å². The number of phosphoric acid groups is 2. The van der Waals surface area contributed by atoms with Crippen LogP contribution in [0.5, 0.6) is 0 Å². The summed E-state index contributed by atoms with van der Waals surface area (Å²) in [5.41, 5.74) is 0. The molecular weight excluding hydrogens is 1160 g/mol. The van der Waals surface area contributed by atoms with E-state index in [-0.39, 0.29) is 25.7 Å². The normalized spacial score (nSPS) is 14.5. The largest absolute Gasteiger partial charge is 0.472 e. The summed E-state index contributed by atoms with van der Waals surface area (Å²) in [5.74, 6) is -0.730. The number of ether oxygens (including phenoxy) is 4. The quantitative estimate of drug-likeness (QED) is 0.0222. The Hall–Kier alpha value is -1.94. The van der Waals surface area contributed by atoms with Gasteiger partial charge in [0.2, 0.25) is 0 Å². The van der Waals surface area contributed by atoms with Crippen molar-refractivity contribution in [1.29, 1.82) is 0 Å². The number of esters is 4. The Morgan fingerprint density at radius 3 is 0.864 bits per heavy atom. The molecule has 88 heavy (non-hydrogen) atoms. The van der Waals surface area contributed by atoms with E-state index < -0.39 is 97.5 Å². The zero-order valence-electron chi connectivity index (χ0n) is 57.0. The zero-order chi connectivity index (χ0) is 65.0. The molecular formula is C69H134O17P2. The van der Waals surface area contributed by atoms with E-state index in [2.05, 4.69) is 41.5 Å². The van der Waals surface area contributed by atoms with Crippen LogP contribution in [-0.2, 0) is 65.4 Å². The fourth-order valence-electron chi connectivity index (χ4n) is 10.4. The van der Waals surface area contributed by atoms with Crippen molar-refractivity contribution < 1.29 is 80.2 Å². The molecule has 0 bridgehead atoms. The number of carbonyl (C=O) groups is 4. The average Bonchev–Trinajstić information content (AvgIpc) is 3.67. The lowest BCUT2D eigenvalue weighted by Crippen LogP contribution is -2.30. The summed E-state index contributed by atoms with van der Waals surface area (Å²) in [6.45, 7) is 9.41. The molecule has 19 heteroatoms. The van der Waals surface area contributed by atoms with Crippen LogP contribution in [0, 0.1) is 11.8 Å². The van der Waals surface area contributed by atoms with Gasteiger partial charge < -0.3 is 33.8 Å². The van der Waals surface area contributed by atoms with E-state index in [0.29, 0.717) is 31.6 Å². The summed E-state index contributed by atoms with van der Waals surface area (Å²) >= 11 is 0. The second-order valence-electron chi connectivity index (χ2n) is 25.6. The summed E-state index contributed by atoms with van der Waals surface area (Å²) in [6, 6.07) is 0. The first-order chi connectivity index (χ1) is 42.4. The van der Waals surface area contributed by atoms with Gasteiger partial charge in [-0.15, -0.1) is 0 Å². The molecule has 0 aliphatic rings. The molecule has 0 rings (SSSR count). The number of carbonyl (C=O) groups excluding carboxylic acids is 4. The van der Waals surface area contributed by atoms with E-state index in [0.717, 1.165) is 102 Å². The molecule has 0 aromatic carbocycles. The van der Waals surface area contributed by atoms with Gasteiger partial charge >= 0.3 is 39.5 Å². The van der Waals surface area contributed by atoms with Crippen LogP contribution >= 0.6 is 15.6 Å². The Labute approximate surface area is 537 Å². The maximum absolute atomic E-state index is 13.0. The van der Waals surface area contributed by atoms with Gasteiger partial charge in [-0.2, -0.15) is 0 Å². The number of rotatable bonds is 68. The van der Waals surface area contributed by atoms with Gasteiger partial charge in [-0.05, 0) is 37.5 Å². The number of aliphatic hydroxyl groups excluding tert-OH is 1. The number of hydrogen-bond acceptors (Lipinski definition) is 15. The van der Waals surface area contributed by atoms with Crippen molar-refractivity contribution in [1.82, 2.24) is 0 Å². The van der Waals surface area contributed by atoms with E-state index in [1.54, 1.807) is 0 Å². The third-order valence-electron chi connectivity index (χ3n) is 16.3. The molecule has 0 saturated heterocycles. The Balaban J connectivity index is 5.22. The minimum atomic E-state index is -4.95. The van der Waals surface area contributed by atoms with E-state index >= 15 is 0 Å². The van der Waals surface area contributed by atoms with Crippen molar-refractivity contribution in [2.45, 2.75) is 368 Å². The lowest BCUT2D eigenvalue weighted by molar-refractivity contribution is -0.161. The molecule has 0 aromatic rings. The molecule has 3 N–H and O–H groups in total. The van der Waals surface area contributed by atoms with Gasteiger partial charge in [-0.3, -0.25) is 37.3 Å². The SMILES string of the molecule is CCCCCCCCCCCCCCCCCCCC(=O)O[C@H](COC(=O)CCCCCCCCCCCCCC)COP(=O)(O)OC[C@@H](O)COP(=O)(O)OC[C@@H](COC(=O)CCCCCCCCC(C)C)OC(=O)CCCCCCCCC(C)CC. The number of phosphoric ester groups is 2. The lowest BCUT2D eigenvalue weighted by Gasteiger charge is -2.21. The molecule has 0 heterocycles. The predicted molar refractivity (Wildman–Crippen MR) is 354 cm³/mol. The van der Waals surface area contributed by atoms with Gasteiger partial charge in [-0.1, -0.05) is 298 Å². The van der Waals surface area contributed by atoms with Crippen molar-refractivity contribution in [2.24, 2.45) is 11.8 Å². The van der Waals surface area contributed by atoms with Crippen LogP contribution in [0.1, 0.15) is 350 Å². The first-order valence-electron chi connectivity index (χ1n) is 36.0. The Kier molecular flexibility index (Phi) is 59.9. The highest BCUT2D eigenvalue weighted by Crippen LogP contribution is 2.45. The third kappa shape index (κ3) is 61.6. The summed E-state index contributed by atoms with van der Waals surface area (Å²) in [5, 5.41) is 10.6. The minimum absolute atomic E-state index is 0.102. The highest BCUT2D eigenvalue weighted by molar-refractivity contribution is 7.47. The fraction of sp³-hybridized carbons (Fsp3) is 0.942. The maximum Gasteiger partial charge on any atom is 0.472 e. The highest BCUT2D eigenvalue weighted by atomic mass is 31.2. The van der Waals surface area contributed by atoms with Crippen molar-refractivity contribution in [3.8, 4) is 0 Å². The topological polar surface area (TPSA) is 237 Å². The molecule has 0 spiro atoms. The van der Waals surface area contributed by atoms with Crippen molar-refractivity contribution >= 4 is 39.5 Å². The molecule has 0 fully saturated rings. The molecule has 0 amide bonds. The molecule has 3 unspecified atom stereocenters. The molecule has 0 aliphatic carbocycles. The number of unbranched alkanes of at least 4 members (excludes halogenated alkanes) is 37. The van der Waals surface area contributed by atoms with Crippen LogP contribution in [0.2, 0.25) is 0 Å². The minimum Gasteiger partial charge on any atom is -0.462 e. The second kappa shape index (κ2) is 61.3. The van der Waals surface area contributed by atoms with E-state index in [1.165, 1.54) is 161 Å². The smallest absolute Gasteiger partial charge is 0.462 e. The van der Waals surface area contributed by atoms with Gasteiger partial charge in [0.15, 0.2) is 12.2 Å². The average molecular weight is 1300 g/mol. The van der Waals surface area contributed by atoms with Crippen LogP contribution in [0.15, 0.2) is 0 Å². The molecule has 0 radical (unpaired) electrons. The predicted octanol–water partition coefficient (Wildman–Crippen LogP) is 19.6. The van der Waals surface area contributed by atoms with E-state index in [1.807, 2.05) is 0 Å². The van der Waals surface area contributed by atoms with Gasteiger partial charge in [0.05, 0.1) is 26.4 Å². The van der Waals surface area contributed by atoms with Gasteiger partial charge in [0.1, 0.15) is 19.3 Å². The van der Waals surface area contributed by atoms with Crippen LogP contribution in [0.3, 0.4) is 0 Å². The first kappa shape index (κ1) is 86.1. The summed E-state index contributed by atoms with van der Waals surface area (Å²) < 4.78 is 68.2. The highest BCUT2D eigenvalue weighted by Gasteiger charge is 2.30. The van der Waals surface area contributed by atoms with E-state index in [4.69, 9.17) is 37.0 Å². The van der Waals surface area contributed by atoms with Crippen LogP contribution in [0.4, 0.5) is 0 Å². The van der Waals surface area contributed by atoms with E-state index in [9.17, 15) is 43.2 Å². The summed E-state index contributed by atoms with van der Waals surface area (Å²) in [6.07, 6.45) is 46.0. The number of hydrogen-bond donors (Lipinski definition) is 3. The van der Waals surface area contributed by atoms with Crippen molar-refractivity contribution in [3.63, 3.8) is 0 Å². The Morgan fingerprint density at radius 2 is 0.580 bits per heavy atom. The monoisotopic (exact) mass is 1300 g/mol. The van der Waals surface area contributed by atoms with Crippen molar-refractivity contribution in [3.05, 3.63) is 0 Å². The molecule has 17 nitrogen and oxygen atoms in total. The lowest BCUT2D eigenvalue weighted by atomic mass is 10.00. The van der Waals surface area contributed by atoms with Crippen LogP contribution in [0.25, 0.3) is 0 Å². The Morgan fingerprint density at radius 1 is 0.330 bits per heavy atom. The summed E-state index contributed by atoms with van der Waals surface area (Å²) in [4.78, 5) is 72.4. The molecule has 6 atom stereocenters. The maximum atomic E-state index is 13.0. The first-order valence-corrected chi connectivity index (χ1v) is 39.0.